The van der Waals surface area contributed by atoms with Gasteiger partial charge in [0.15, 0.2) is 0 Å². The minimum Gasteiger partial charge on any atom is -0.417 e. The number of hydrogen-bond donors (Lipinski definition) is 4. The van der Waals surface area contributed by atoms with Crippen molar-refractivity contribution < 1.29 is 28.8 Å². The van der Waals surface area contributed by atoms with E-state index in [1.807, 2.05) is 38.1 Å². The number of hydrogen-bond acceptors (Lipinski definition) is 6. The van der Waals surface area contributed by atoms with Gasteiger partial charge in [0.25, 0.3) is 0 Å². The molecule has 1 aromatic carbocycles. The Balaban J connectivity index is 1.63. The number of rotatable bonds is 12. The Kier molecular flexibility index (Phi) is 12.4. The summed E-state index contributed by atoms with van der Waals surface area (Å²) in [6.07, 6.45) is 7.54. The molecule has 0 spiro atoms. The topological polar surface area (TPSA) is 151 Å². The van der Waals surface area contributed by atoms with Crippen molar-refractivity contribution in [2.45, 2.75) is 109 Å². The van der Waals surface area contributed by atoms with E-state index in [9.17, 15) is 24.0 Å². The largest absolute Gasteiger partial charge is 0.417 e. The Morgan fingerprint density at radius 1 is 0.978 bits per heavy atom. The van der Waals surface area contributed by atoms with Crippen LogP contribution < -0.4 is 26.1 Å². The van der Waals surface area contributed by atoms with Crippen molar-refractivity contribution in [1.29, 1.82) is 0 Å². The molecule has 1 unspecified atom stereocenters. The van der Waals surface area contributed by atoms with Gasteiger partial charge in [-0.25, -0.2) is 0 Å². The molecule has 3 heterocycles. The molecular formula is C34H50N6O6. The van der Waals surface area contributed by atoms with Crippen molar-refractivity contribution in [1.82, 2.24) is 30.9 Å². The van der Waals surface area contributed by atoms with E-state index in [1.54, 1.807) is 29.9 Å². The van der Waals surface area contributed by atoms with Crippen molar-refractivity contribution in [3.63, 3.8) is 0 Å². The van der Waals surface area contributed by atoms with Gasteiger partial charge in [-0.1, -0.05) is 58.2 Å². The van der Waals surface area contributed by atoms with Gasteiger partial charge in [-0.05, 0) is 49.7 Å². The van der Waals surface area contributed by atoms with E-state index in [1.165, 1.54) is 0 Å². The van der Waals surface area contributed by atoms with E-state index in [0.717, 1.165) is 42.1 Å². The molecule has 1 aromatic heterocycles. The number of carbonyl (C=O) groups excluding carboxylic acids is 5. The number of unbranched alkanes of at least 4 members (excludes halogenated alkanes) is 2. The van der Waals surface area contributed by atoms with Crippen LogP contribution in [-0.2, 0) is 30.4 Å². The average molecular weight is 639 g/mol. The summed E-state index contributed by atoms with van der Waals surface area (Å²) in [4.78, 5) is 74.4. The van der Waals surface area contributed by atoms with Crippen molar-refractivity contribution in [3.8, 4) is 0 Å². The second-order valence-electron chi connectivity index (χ2n) is 12.5. The highest BCUT2D eigenvalue weighted by Gasteiger charge is 2.40. The Labute approximate surface area is 271 Å². The fraction of sp³-hybridized carbons (Fsp3) is 0.618. The zero-order valence-corrected chi connectivity index (χ0v) is 27.6. The zero-order chi connectivity index (χ0) is 33.2. The molecule has 0 saturated carbocycles. The maximum atomic E-state index is 14.1. The average Bonchev–Trinajstić information content (AvgIpc) is 3.43. The van der Waals surface area contributed by atoms with Gasteiger partial charge in [0.2, 0.25) is 29.5 Å². The van der Waals surface area contributed by atoms with Crippen LogP contribution in [0.25, 0.3) is 10.9 Å². The summed E-state index contributed by atoms with van der Waals surface area (Å²) < 4.78 is 1.62. The lowest BCUT2D eigenvalue weighted by molar-refractivity contribution is -0.147. The molecule has 46 heavy (non-hydrogen) atoms. The van der Waals surface area contributed by atoms with E-state index in [4.69, 9.17) is 4.84 Å². The third-order valence-corrected chi connectivity index (χ3v) is 9.33. The Bertz CT molecular complexity index is 1390. The summed E-state index contributed by atoms with van der Waals surface area (Å²) in [6.45, 7) is 6.64. The molecule has 0 bridgehead atoms. The van der Waals surface area contributed by atoms with Gasteiger partial charge in [0, 0.05) is 37.5 Å². The van der Waals surface area contributed by atoms with Crippen LogP contribution in [0.2, 0.25) is 0 Å². The highest BCUT2D eigenvalue weighted by Crippen LogP contribution is 2.24. The molecule has 5 atom stereocenters. The molecule has 252 valence electrons. The summed E-state index contributed by atoms with van der Waals surface area (Å²) in [7, 11) is 1.56. The zero-order valence-electron chi connectivity index (χ0n) is 27.6. The maximum Gasteiger partial charge on any atom is 0.246 e. The molecule has 4 rings (SSSR count). The third kappa shape index (κ3) is 8.38. The smallest absolute Gasteiger partial charge is 0.246 e. The second-order valence-corrected chi connectivity index (χ2v) is 12.5. The minimum atomic E-state index is -1.01. The van der Waals surface area contributed by atoms with Crippen molar-refractivity contribution in [2.24, 2.45) is 5.92 Å². The van der Waals surface area contributed by atoms with Crippen LogP contribution in [0.15, 0.2) is 30.5 Å². The lowest BCUT2D eigenvalue weighted by Gasteiger charge is -2.39. The van der Waals surface area contributed by atoms with Crippen molar-refractivity contribution in [2.75, 3.05) is 20.2 Å². The molecule has 12 heteroatoms. The van der Waals surface area contributed by atoms with E-state index in [0.29, 0.717) is 45.2 Å². The fourth-order valence-corrected chi connectivity index (χ4v) is 6.36. The van der Waals surface area contributed by atoms with E-state index < -0.39 is 36.0 Å². The standard InChI is InChI=1S/C34H50N6O6/c1-5-22(3)30-34(45)39-19-13-11-17-28(39)33(44)36-25(15-8-7-12-18-35-29(41)6-2)31(42)37-26(32(43)38-30)20-23-21-40(46-4)27-16-10-9-14-24(23)27/h9-10,14,16,21-22,25-26,28,30H,5-8,11-13,15,17-20H2,1-4H3,(H,35,41)(H,36,44)(H,37,42)(H,38,43)/t22?,25-,26-,28+,30-/m0/s1. The van der Waals surface area contributed by atoms with Gasteiger partial charge in [-0.3, -0.25) is 24.0 Å². The van der Waals surface area contributed by atoms with Crippen molar-refractivity contribution in [3.05, 3.63) is 36.0 Å². The predicted molar refractivity (Wildman–Crippen MR) is 175 cm³/mol. The number of nitrogens with zero attached hydrogens (tertiary/aromatic N) is 2. The highest BCUT2D eigenvalue weighted by molar-refractivity contribution is 5.98. The number of aromatic nitrogens is 1. The molecule has 2 aromatic rings. The van der Waals surface area contributed by atoms with Crippen LogP contribution in [-0.4, -0.2) is 83.5 Å². The van der Waals surface area contributed by atoms with Gasteiger partial charge in [-0.15, -0.1) is 0 Å². The van der Waals surface area contributed by atoms with Crippen LogP contribution in [0.3, 0.4) is 0 Å². The van der Waals surface area contributed by atoms with Crippen LogP contribution in [0.4, 0.5) is 0 Å². The number of piperidine rings is 1. The van der Waals surface area contributed by atoms with Crippen LogP contribution in [0.1, 0.15) is 84.1 Å². The molecule has 0 radical (unpaired) electrons. The van der Waals surface area contributed by atoms with Crippen LogP contribution >= 0.6 is 0 Å². The van der Waals surface area contributed by atoms with Gasteiger partial charge < -0.3 is 31.0 Å². The Morgan fingerprint density at radius 3 is 2.46 bits per heavy atom. The number of fused-ring (bicyclic) bond motifs is 2. The first-order chi connectivity index (χ1) is 22.2. The molecule has 4 N–H and O–H groups in total. The number of benzene rings is 1. The third-order valence-electron chi connectivity index (χ3n) is 9.33. The monoisotopic (exact) mass is 638 g/mol. The van der Waals surface area contributed by atoms with Gasteiger partial charge in [-0.2, -0.15) is 4.73 Å². The first-order valence-corrected chi connectivity index (χ1v) is 16.8. The second kappa shape index (κ2) is 16.5. The quantitative estimate of drug-likeness (QED) is 0.262. The van der Waals surface area contributed by atoms with E-state index >= 15 is 0 Å². The van der Waals surface area contributed by atoms with Crippen LogP contribution in [0, 0.1) is 5.92 Å². The van der Waals surface area contributed by atoms with Gasteiger partial charge >= 0.3 is 0 Å². The molecular weight excluding hydrogens is 588 g/mol. The summed E-state index contributed by atoms with van der Waals surface area (Å²) in [5, 5.41) is 12.6. The molecule has 2 saturated heterocycles. The summed E-state index contributed by atoms with van der Waals surface area (Å²) in [5.41, 5.74) is 1.62. The van der Waals surface area contributed by atoms with Gasteiger partial charge in [0.1, 0.15) is 31.3 Å². The SMILES string of the molecule is CCC(=O)NCCCCC[C@@H]1NC(=O)[C@H]2CCCCN2C(=O)[C@H](C(C)CC)NC(=O)[C@H](Cc2cn(OC)c3ccccc23)NC1=O. The lowest BCUT2D eigenvalue weighted by atomic mass is 9.93. The summed E-state index contributed by atoms with van der Waals surface area (Å²) in [6, 6.07) is 4.19. The first kappa shape index (κ1) is 34.8. The molecule has 2 fully saturated rings. The molecule has 2 aliphatic rings. The van der Waals surface area contributed by atoms with Crippen molar-refractivity contribution >= 4 is 40.4 Å². The van der Waals surface area contributed by atoms with Gasteiger partial charge in [0.05, 0.1) is 5.52 Å². The van der Waals surface area contributed by atoms with E-state index in [-0.39, 0.29) is 30.1 Å². The number of amides is 5. The molecule has 2 aliphatic heterocycles. The first-order valence-electron chi connectivity index (χ1n) is 16.8. The lowest BCUT2D eigenvalue weighted by Crippen LogP contribution is -2.64. The number of para-hydroxylation sites is 1. The molecule has 5 amide bonds. The maximum absolute atomic E-state index is 14.1. The van der Waals surface area contributed by atoms with Crippen LogP contribution in [0.5, 0.6) is 0 Å². The summed E-state index contributed by atoms with van der Waals surface area (Å²) in [5.74, 6) is -1.71. The normalized spacial score (nSPS) is 23.3. The Morgan fingerprint density at radius 2 is 1.72 bits per heavy atom. The van der Waals surface area contributed by atoms with E-state index in [2.05, 4.69) is 21.3 Å². The predicted octanol–water partition coefficient (Wildman–Crippen LogP) is 2.22. The summed E-state index contributed by atoms with van der Waals surface area (Å²) >= 11 is 0. The minimum absolute atomic E-state index is 0.00829. The Hall–Kier alpha value is -4.09. The highest BCUT2D eigenvalue weighted by atomic mass is 16.6. The molecule has 0 aliphatic carbocycles. The number of nitrogens with one attached hydrogen (secondary N) is 4. The number of carbonyl (C=O) groups is 5. The molecule has 12 nitrogen and oxygen atoms in total. The fourth-order valence-electron chi connectivity index (χ4n) is 6.36.